The van der Waals surface area contributed by atoms with Gasteiger partial charge in [-0.3, -0.25) is 4.79 Å². The normalized spacial score (nSPS) is 11.0. The number of carbonyl (C=O) groups excluding carboxylic acids is 2. The van der Waals surface area contributed by atoms with Crippen molar-refractivity contribution in [2.75, 3.05) is 0 Å². The molecule has 0 aliphatic heterocycles. The molecule has 1 N–H and O–H groups in total. The van der Waals surface area contributed by atoms with Gasteiger partial charge < -0.3 is 4.74 Å². The minimum absolute atomic E-state index is 0.119. The number of fused-ring (bicyclic) bond motifs is 1. The Hall–Kier alpha value is -3.55. The van der Waals surface area contributed by atoms with Crippen LogP contribution in [0.3, 0.4) is 0 Å². The largest absolute Gasteiger partial charge is 0.423 e. The molecule has 0 saturated heterocycles. The summed E-state index contributed by atoms with van der Waals surface area (Å²) in [6, 6.07) is 19.2. The molecular formula is C23H14ClFN2O3S. The van der Waals surface area contributed by atoms with Gasteiger partial charge in [-0.25, -0.2) is 14.6 Å². The van der Waals surface area contributed by atoms with Gasteiger partial charge in [0.2, 0.25) is 0 Å². The number of halogens is 2. The lowest BCUT2D eigenvalue weighted by Crippen LogP contribution is -2.16. The summed E-state index contributed by atoms with van der Waals surface area (Å²) in [6.07, 6.45) is 1.46. The highest BCUT2D eigenvalue weighted by Crippen LogP contribution is 2.34. The van der Waals surface area contributed by atoms with Gasteiger partial charge in [0.1, 0.15) is 16.4 Å². The second-order valence-corrected chi connectivity index (χ2v) is 7.84. The summed E-state index contributed by atoms with van der Waals surface area (Å²) in [5.41, 5.74) is 3.25. The van der Waals surface area contributed by atoms with E-state index in [2.05, 4.69) is 10.5 Å². The fourth-order valence-electron chi connectivity index (χ4n) is 2.78. The van der Waals surface area contributed by atoms with Gasteiger partial charge in [0, 0.05) is 10.1 Å². The Morgan fingerprint density at radius 2 is 1.81 bits per heavy atom. The first kappa shape index (κ1) is 20.7. The summed E-state index contributed by atoms with van der Waals surface area (Å²) >= 11 is 7.59. The average Bonchev–Trinajstić information content (AvgIpc) is 3.12. The molecule has 0 unspecified atom stereocenters. The summed E-state index contributed by atoms with van der Waals surface area (Å²) in [5.74, 6) is -1.27. The number of rotatable bonds is 5. The van der Waals surface area contributed by atoms with E-state index in [0.717, 1.165) is 16.2 Å². The van der Waals surface area contributed by atoms with Gasteiger partial charge in [-0.2, -0.15) is 5.10 Å². The number of esters is 1. The molecule has 0 radical (unpaired) electrons. The first-order chi connectivity index (χ1) is 15.0. The van der Waals surface area contributed by atoms with E-state index in [1.165, 1.54) is 35.8 Å². The van der Waals surface area contributed by atoms with Crippen LogP contribution < -0.4 is 10.2 Å². The lowest BCUT2D eigenvalue weighted by Gasteiger charge is -2.04. The average molecular weight is 453 g/mol. The molecule has 0 aliphatic carbocycles. The number of thiophene rings is 1. The zero-order chi connectivity index (χ0) is 21.8. The SMILES string of the molecule is O=C(Oc1ccc(/C=N/NC(=O)c2sc3ccccc3c2Cl)cc1)c1cccc(F)c1. The number of nitrogens with one attached hydrogen (secondary N) is 1. The summed E-state index contributed by atoms with van der Waals surface area (Å²) in [6.45, 7) is 0. The van der Waals surface area contributed by atoms with E-state index < -0.39 is 17.7 Å². The highest BCUT2D eigenvalue weighted by molar-refractivity contribution is 7.21. The third-order valence-corrected chi connectivity index (χ3v) is 5.95. The summed E-state index contributed by atoms with van der Waals surface area (Å²) in [4.78, 5) is 24.8. The Labute approximate surface area is 185 Å². The molecule has 1 amide bonds. The molecule has 154 valence electrons. The Morgan fingerprint density at radius 3 is 2.55 bits per heavy atom. The number of carbonyl (C=O) groups is 2. The monoisotopic (exact) mass is 452 g/mol. The van der Waals surface area contributed by atoms with Crippen molar-refractivity contribution < 1.29 is 18.7 Å². The van der Waals surface area contributed by atoms with Crippen LogP contribution in [0.15, 0.2) is 77.9 Å². The summed E-state index contributed by atoms with van der Waals surface area (Å²) < 4.78 is 19.4. The Kier molecular flexibility index (Phi) is 6.06. The van der Waals surface area contributed by atoms with Crippen molar-refractivity contribution in [3.05, 3.63) is 99.6 Å². The minimum Gasteiger partial charge on any atom is -0.423 e. The van der Waals surface area contributed by atoms with Crippen LogP contribution in [0.4, 0.5) is 4.39 Å². The van der Waals surface area contributed by atoms with E-state index in [0.29, 0.717) is 21.2 Å². The van der Waals surface area contributed by atoms with Crippen molar-refractivity contribution in [3.63, 3.8) is 0 Å². The lowest BCUT2D eigenvalue weighted by molar-refractivity contribution is 0.0734. The third kappa shape index (κ3) is 4.79. The Bertz CT molecular complexity index is 1300. The molecular weight excluding hydrogens is 439 g/mol. The molecule has 0 atom stereocenters. The van der Waals surface area contributed by atoms with Crippen molar-refractivity contribution in [1.29, 1.82) is 0 Å². The summed E-state index contributed by atoms with van der Waals surface area (Å²) in [5, 5.41) is 5.18. The van der Waals surface area contributed by atoms with Crippen LogP contribution in [-0.2, 0) is 0 Å². The maximum atomic E-state index is 13.2. The van der Waals surface area contributed by atoms with Crippen molar-refractivity contribution in [3.8, 4) is 5.75 Å². The van der Waals surface area contributed by atoms with Gasteiger partial charge >= 0.3 is 5.97 Å². The highest BCUT2D eigenvalue weighted by Gasteiger charge is 2.16. The molecule has 8 heteroatoms. The number of hydrogen-bond acceptors (Lipinski definition) is 5. The van der Waals surface area contributed by atoms with E-state index in [9.17, 15) is 14.0 Å². The van der Waals surface area contributed by atoms with Crippen molar-refractivity contribution in [2.24, 2.45) is 5.10 Å². The van der Waals surface area contributed by atoms with E-state index in [4.69, 9.17) is 16.3 Å². The molecule has 3 aromatic carbocycles. The number of benzene rings is 3. The fraction of sp³-hybridized carbons (Fsp3) is 0. The molecule has 5 nitrogen and oxygen atoms in total. The van der Waals surface area contributed by atoms with Gasteiger partial charge in [0.05, 0.1) is 16.8 Å². The Morgan fingerprint density at radius 1 is 1.03 bits per heavy atom. The first-order valence-electron chi connectivity index (χ1n) is 9.09. The van der Waals surface area contributed by atoms with E-state index in [1.54, 1.807) is 24.3 Å². The second-order valence-electron chi connectivity index (χ2n) is 6.41. The summed E-state index contributed by atoms with van der Waals surface area (Å²) in [7, 11) is 0. The van der Waals surface area contributed by atoms with Crippen LogP contribution in [0.2, 0.25) is 5.02 Å². The molecule has 1 aromatic heterocycles. The predicted molar refractivity (Wildman–Crippen MR) is 120 cm³/mol. The molecule has 0 fully saturated rings. The zero-order valence-corrected chi connectivity index (χ0v) is 17.4. The standard InChI is InChI=1S/C23H14ClFN2O3S/c24-20-18-6-1-2-7-19(18)31-21(20)22(28)27-26-13-14-8-10-17(11-9-14)30-23(29)15-4-3-5-16(25)12-15/h1-13H,(H,27,28)/b26-13+. The van der Waals surface area contributed by atoms with Gasteiger partial charge in [-0.15, -0.1) is 11.3 Å². The van der Waals surface area contributed by atoms with Crippen LogP contribution >= 0.6 is 22.9 Å². The van der Waals surface area contributed by atoms with Crippen LogP contribution in [0, 0.1) is 5.82 Å². The number of hydrazone groups is 1. The molecule has 0 saturated carbocycles. The van der Waals surface area contributed by atoms with Crippen LogP contribution in [0.25, 0.3) is 10.1 Å². The number of ether oxygens (including phenoxy) is 1. The first-order valence-corrected chi connectivity index (χ1v) is 10.3. The van der Waals surface area contributed by atoms with E-state index in [-0.39, 0.29) is 5.56 Å². The van der Waals surface area contributed by atoms with E-state index in [1.807, 2.05) is 24.3 Å². The number of amides is 1. The Balaban J connectivity index is 1.37. The predicted octanol–water partition coefficient (Wildman–Crippen LogP) is 5.68. The molecule has 0 aliphatic rings. The second kappa shape index (κ2) is 9.07. The van der Waals surface area contributed by atoms with Gasteiger partial charge in [0.15, 0.2) is 0 Å². The molecule has 0 bridgehead atoms. The van der Waals surface area contributed by atoms with Gasteiger partial charge in [-0.05, 0) is 54.1 Å². The van der Waals surface area contributed by atoms with E-state index >= 15 is 0 Å². The molecule has 1 heterocycles. The molecule has 4 rings (SSSR count). The van der Waals surface area contributed by atoms with Crippen molar-refractivity contribution in [2.45, 2.75) is 0 Å². The number of hydrogen-bond donors (Lipinski definition) is 1. The highest BCUT2D eigenvalue weighted by atomic mass is 35.5. The van der Waals surface area contributed by atoms with Crippen LogP contribution in [0.5, 0.6) is 5.75 Å². The lowest BCUT2D eigenvalue weighted by atomic mass is 10.2. The van der Waals surface area contributed by atoms with Crippen LogP contribution in [0.1, 0.15) is 25.6 Å². The molecule has 31 heavy (non-hydrogen) atoms. The van der Waals surface area contributed by atoms with Gasteiger partial charge in [-0.1, -0.05) is 35.9 Å². The fourth-order valence-corrected chi connectivity index (χ4v) is 4.19. The zero-order valence-electron chi connectivity index (χ0n) is 15.8. The third-order valence-electron chi connectivity index (χ3n) is 4.27. The molecule has 0 spiro atoms. The number of nitrogens with zero attached hydrogens (tertiary/aromatic N) is 1. The van der Waals surface area contributed by atoms with Crippen LogP contribution in [-0.4, -0.2) is 18.1 Å². The quantitative estimate of drug-likeness (QED) is 0.183. The maximum Gasteiger partial charge on any atom is 0.343 e. The smallest absolute Gasteiger partial charge is 0.343 e. The maximum absolute atomic E-state index is 13.2. The minimum atomic E-state index is -0.659. The van der Waals surface area contributed by atoms with Crippen molar-refractivity contribution in [1.82, 2.24) is 5.43 Å². The molecule has 4 aromatic rings. The van der Waals surface area contributed by atoms with Crippen molar-refractivity contribution >= 4 is 51.1 Å². The topological polar surface area (TPSA) is 67.8 Å². The van der Waals surface area contributed by atoms with Gasteiger partial charge in [0.25, 0.3) is 5.91 Å².